The lowest BCUT2D eigenvalue weighted by molar-refractivity contribution is 0.153. The van der Waals surface area contributed by atoms with Gasteiger partial charge in [-0.25, -0.2) is 9.52 Å². The van der Waals surface area contributed by atoms with Gasteiger partial charge in [-0.2, -0.15) is 12.7 Å². The minimum Gasteiger partial charge on any atom is -0.452 e. The second-order valence-corrected chi connectivity index (χ2v) is 6.26. The van der Waals surface area contributed by atoms with Crippen molar-refractivity contribution < 1.29 is 17.9 Å². The minimum absolute atomic E-state index is 0.242. The molecule has 3 N–H and O–H groups in total. The first-order valence-corrected chi connectivity index (χ1v) is 7.37. The third-order valence-electron chi connectivity index (χ3n) is 3.59. The average molecular weight is 279 g/mol. The molecule has 18 heavy (non-hydrogen) atoms. The molecule has 106 valence electrons. The second kappa shape index (κ2) is 5.85. The molecule has 8 heteroatoms. The van der Waals surface area contributed by atoms with Gasteiger partial charge in [0.15, 0.2) is 0 Å². The van der Waals surface area contributed by atoms with E-state index in [1.54, 1.807) is 0 Å². The summed E-state index contributed by atoms with van der Waals surface area (Å²) in [7, 11) is -1.35. The maximum atomic E-state index is 12.0. The first-order valence-electron chi connectivity index (χ1n) is 5.93. The van der Waals surface area contributed by atoms with E-state index >= 15 is 0 Å². The van der Waals surface area contributed by atoms with Crippen LogP contribution in [0.5, 0.6) is 0 Å². The fraction of sp³-hybridized carbons (Fsp3) is 0.900. The Morgan fingerprint density at radius 3 is 2.39 bits per heavy atom. The number of hydrogen-bond donors (Lipinski definition) is 2. The highest BCUT2D eigenvalue weighted by atomic mass is 32.2. The Morgan fingerprint density at radius 1 is 1.39 bits per heavy atom. The van der Waals surface area contributed by atoms with E-state index in [9.17, 15) is 13.2 Å². The lowest BCUT2D eigenvalue weighted by Gasteiger charge is -2.42. The van der Waals surface area contributed by atoms with Crippen LogP contribution in [0.2, 0.25) is 0 Å². The number of carbonyl (C=O) groups is 1. The molecule has 0 saturated heterocycles. The monoisotopic (exact) mass is 279 g/mol. The summed E-state index contributed by atoms with van der Waals surface area (Å²) < 4.78 is 31.4. The van der Waals surface area contributed by atoms with Crippen LogP contribution < -0.4 is 10.5 Å². The zero-order valence-electron chi connectivity index (χ0n) is 10.8. The molecule has 0 aromatic heterocycles. The molecule has 0 heterocycles. The summed E-state index contributed by atoms with van der Waals surface area (Å²) in [5.74, 6) is 0. The van der Waals surface area contributed by atoms with Crippen molar-refractivity contribution in [1.82, 2.24) is 9.03 Å². The topological polar surface area (TPSA) is 102 Å². The van der Waals surface area contributed by atoms with Crippen LogP contribution in [0.25, 0.3) is 0 Å². The summed E-state index contributed by atoms with van der Waals surface area (Å²) in [6.45, 7) is 0.242. The van der Waals surface area contributed by atoms with Gasteiger partial charge in [0.25, 0.3) is 0 Å². The summed E-state index contributed by atoms with van der Waals surface area (Å²) >= 11 is 0. The molecule has 0 bridgehead atoms. The standard InChI is InChI=1S/C10H21N3O4S/c1-13(18(15,16)12-9(14)17-2)10(8-11)6-4-3-5-7-10/h3-8,11H2,1-2H3,(H,12,14). The molecule has 7 nitrogen and oxygen atoms in total. The van der Waals surface area contributed by atoms with Crippen LogP contribution in [-0.4, -0.2) is 45.1 Å². The van der Waals surface area contributed by atoms with E-state index in [0.717, 1.165) is 26.4 Å². The van der Waals surface area contributed by atoms with Gasteiger partial charge in [-0.15, -0.1) is 0 Å². The summed E-state index contributed by atoms with van der Waals surface area (Å²) in [5.41, 5.74) is 5.15. The summed E-state index contributed by atoms with van der Waals surface area (Å²) in [5, 5.41) is 0. The number of carbonyl (C=O) groups excluding carboxylic acids is 1. The van der Waals surface area contributed by atoms with Crippen LogP contribution in [0.1, 0.15) is 32.1 Å². The smallest absolute Gasteiger partial charge is 0.421 e. The van der Waals surface area contributed by atoms with Gasteiger partial charge in [0.2, 0.25) is 0 Å². The zero-order valence-corrected chi connectivity index (χ0v) is 11.6. The number of nitrogens with zero attached hydrogens (tertiary/aromatic N) is 1. The van der Waals surface area contributed by atoms with Crippen LogP contribution >= 0.6 is 0 Å². The van der Waals surface area contributed by atoms with E-state index in [0.29, 0.717) is 12.8 Å². The largest absolute Gasteiger partial charge is 0.452 e. The van der Waals surface area contributed by atoms with E-state index in [1.807, 2.05) is 4.72 Å². The predicted molar refractivity (Wildman–Crippen MR) is 67.1 cm³/mol. The van der Waals surface area contributed by atoms with E-state index in [2.05, 4.69) is 4.74 Å². The molecule has 1 amide bonds. The number of methoxy groups -OCH3 is 1. The number of hydrogen-bond acceptors (Lipinski definition) is 5. The SMILES string of the molecule is COC(=O)NS(=O)(=O)N(C)C1(CN)CCCCC1. The number of ether oxygens (including phenoxy) is 1. The maximum absolute atomic E-state index is 12.0. The Bertz CT molecular complexity index is 390. The summed E-state index contributed by atoms with van der Waals surface area (Å²) in [6, 6.07) is 0. The van der Waals surface area contributed by atoms with E-state index < -0.39 is 21.8 Å². The van der Waals surface area contributed by atoms with Gasteiger partial charge in [0, 0.05) is 19.1 Å². The van der Waals surface area contributed by atoms with Crippen molar-refractivity contribution >= 4 is 16.3 Å². The second-order valence-electron chi connectivity index (χ2n) is 4.56. The number of amides is 1. The van der Waals surface area contributed by atoms with Crippen LogP contribution in [-0.2, 0) is 14.9 Å². The molecule has 1 rings (SSSR count). The molecule has 0 spiro atoms. The number of nitrogens with two attached hydrogens (primary N) is 1. The molecule has 0 radical (unpaired) electrons. The van der Waals surface area contributed by atoms with Gasteiger partial charge >= 0.3 is 16.3 Å². The highest BCUT2D eigenvalue weighted by Crippen LogP contribution is 2.33. The summed E-state index contributed by atoms with van der Waals surface area (Å²) in [4.78, 5) is 11.0. The molecule has 1 fully saturated rings. The lowest BCUT2D eigenvalue weighted by Crippen LogP contribution is -2.58. The maximum Gasteiger partial charge on any atom is 0.421 e. The highest BCUT2D eigenvalue weighted by molar-refractivity contribution is 7.87. The van der Waals surface area contributed by atoms with Gasteiger partial charge in [-0.05, 0) is 12.8 Å². The Labute approximate surface area is 108 Å². The van der Waals surface area contributed by atoms with Crippen molar-refractivity contribution in [2.24, 2.45) is 5.73 Å². The van der Waals surface area contributed by atoms with Gasteiger partial charge in [0.1, 0.15) is 0 Å². The molecular weight excluding hydrogens is 258 g/mol. The molecule has 1 aliphatic rings. The molecule has 0 atom stereocenters. The van der Waals surface area contributed by atoms with Gasteiger partial charge in [-0.1, -0.05) is 19.3 Å². The van der Waals surface area contributed by atoms with E-state index in [4.69, 9.17) is 5.73 Å². The van der Waals surface area contributed by atoms with Crippen molar-refractivity contribution in [3.63, 3.8) is 0 Å². The molecular formula is C10H21N3O4S. The van der Waals surface area contributed by atoms with Gasteiger partial charge < -0.3 is 10.5 Å². The van der Waals surface area contributed by atoms with Crippen molar-refractivity contribution in [3.8, 4) is 0 Å². The average Bonchev–Trinajstić information content (AvgIpc) is 2.38. The molecule has 0 unspecified atom stereocenters. The number of rotatable bonds is 4. The number of likely N-dealkylation sites (N-methyl/N-ethyl adjacent to an activating group) is 1. The Balaban J connectivity index is 2.89. The first kappa shape index (κ1) is 15.2. The fourth-order valence-corrected chi connectivity index (χ4v) is 3.53. The number of nitrogens with one attached hydrogen (secondary N) is 1. The summed E-state index contributed by atoms with van der Waals surface area (Å²) in [6.07, 6.45) is 3.39. The minimum atomic E-state index is -3.91. The fourth-order valence-electron chi connectivity index (χ4n) is 2.33. The quantitative estimate of drug-likeness (QED) is 0.764. The highest BCUT2D eigenvalue weighted by Gasteiger charge is 2.41. The Hall–Kier alpha value is -0.860. The van der Waals surface area contributed by atoms with Crippen molar-refractivity contribution in [1.29, 1.82) is 0 Å². The van der Waals surface area contributed by atoms with Crippen molar-refractivity contribution in [2.45, 2.75) is 37.6 Å². The van der Waals surface area contributed by atoms with E-state index in [1.165, 1.54) is 11.4 Å². The molecule has 0 aromatic carbocycles. The lowest BCUT2D eigenvalue weighted by atomic mass is 9.82. The zero-order chi connectivity index (χ0) is 13.8. The van der Waals surface area contributed by atoms with Crippen LogP contribution in [0, 0.1) is 0 Å². The van der Waals surface area contributed by atoms with Gasteiger partial charge in [0.05, 0.1) is 7.11 Å². The van der Waals surface area contributed by atoms with Gasteiger partial charge in [-0.3, -0.25) is 0 Å². The van der Waals surface area contributed by atoms with Crippen molar-refractivity contribution in [2.75, 3.05) is 20.7 Å². The molecule has 0 aromatic rings. The van der Waals surface area contributed by atoms with Crippen molar-refractivity contribution in [3.05, 3.63) is 0 Å². The van der Waals surface area contributed by atoms with Crippen LogP contribution in [0.4, 0.5) is 4.79 Å². The molecule has 0 aliphatic heterocycles. The van der Waals surface area contributed by atoms with Crippen LogP contribution in [0.3, 0.4) is 0 Å². The normalized spacial score (nSPS) is 19.6. The first-order chi connectivity index (χ1) is 8.38. The Morgan fingerprint density at radius 2 is 1.94 bits per heavy atom. The predicted octanol–water partition coefficient (Wildman–Crippen LogP) is 0.181. The third kappa shape index (κ3) is 3.12. The van der Waals surface area contributed by atoms with E-state index in [-0.39, 0.29) is 6.54 Å². The molecule has 1 saturated carbocycles. The Kier molecular flexibility index (Phi) is 4.94. The third-order valence-corrected chi connectivity index (χ3v) is 5.12. The molecule has 1 aliphatic carbocycles. The van der Waals surface area contributed by atoms with Crippen LogP contribution in [0.15, 0.2) is 0 Å².